The first kappa shape index (κ1) is 6.73. The smallest absolute Gasteiger partial charge is 0.137 e. The Hall–Kier alpha value is -0.960. The van der Waals surface area contributed by atoms with Crippen molar-refractivity contribution in [1.82, 2.24) is 10.3 Å². The fraction of sp³-hybridized carbons (Fsp3) is 0.500. The van der Waals surface area contributed by atoms with Gasteiger partial charge in [-0.25, -0.2) is 0 Å². The van der Waals surface area contributed by atoms with E-state index < -0.39 is 0 Å². The van der Waals surface area contributed by atoms with Gasteiger partial charge < -0.3 is 15.0 Å². The molecule has 0 saturated carbocycles. The SMILES string of the molecule is c1cc(OC2CCNC2)c[nH]1. The largest absolute Gasteiger partial charge is 0.487 e. The minimum atomic E-state index is 0.366. The van der Waals surface area contributed by atoms with Gasteiger partial charge in [0.05, 0.1) is 0 Å². The number of H-pyrrole nitrogens is 1. The predicted molar refractivity (Wildman–Crippen MR) is 42.7 cm³/mol. The van der Waals surface area contributed by atoms with Crippen molar-refractivity contribution in [2.24, 2.45) is 0 Å². The lowest BCUT2D eigenvalue weighted by Crippen LogP contribution is -2.19. The van der Waals surface area contributed by atoms with Gasteiger partial charge in [-0.3, -0.25) is 0 Å². The van der Waals surface area contributed by atoms with E-state index in [9.17, 15) is 0 Å². The van der Waals surface area contributed by atoms with Gasteiger partial charge in [0.15, 0.2) is 0 Å². The topological polar surface area (TPSA) is 37.0 Å². The lowest BCUT2D eigenvalue weighted by molar-refractivity contribution is 0.223. The van der Waals surface area contributed by atoms with Gasteiger partial charge in [0.25, 0.3) is 0 Å². The molecule has 2 rings (SSSR count). The molecule has 1 aliphatic heterocycles. The number of nitrogens with one attached hydrogen (secondary N) is 2. The standard InChI is InChI=1S/C8H12N2O/c1-3-9-5-7(1)11-8-2-4-10-6-8/h1,3,5,8-10H,2,4,6H2. The van der Waals surface area contributed by atoms with Crippen molar-refractivity contribution < 1.29 is 4.74 Å². The van der Waals surface area contributed by atoms with Crippen molar-refractivity contribution in [3.8, 4) is 5.75 Å². The number of hydrogen-bond acceptors (Lipinski definition) is 2. The Morgan fingerprint density at radius 3 is 3.18 bits per heavy atom. The minimum absolute atomic E-state index is 0.366. The molecule has 2 heterocycles. The summed E-state index contributed by atoms with van der Waals surface area (Å²) in [6, 6.07) is 1.94. The van der Waals surface area contributed by atoms with E-state index in [1.54, 1.807) is 0 Å². The van der Waals surface area contributed by atoms with Gasteiger partial charge >= 0.3 is 0 Å². The Bertz CT molecular complexity index is 202. The predicted octanol–water partition coefficient (Wildman–Crippen LogP) is 0.755. The number of ether oxygens (including phenoxy) is 1. The van der Waals surface area contributed by atoms with Gasteiger partial charge in [-0.15, -0.1) is 0 Å². The van der Waals surface area contributed by atoms with E-state index in [1.807, 2.05) is 18.5 Å². The maximum absolute atomic E-state index is 5.62. The van der Waals surface area contributed by atoms with Crippen LogP contribution in [0.3, 0.4) is 0 Å². The molecule has 0 radical (unpaired) electrons. The molecule has 0 spiro atoms. The molecule has 0 bridgehead atoms. The van der Waals surface area contributed by atoms with Crippen molar-refractivity contribution >= 4 is 0 Å². The van der Waals surface area contributed by atoms with Crippen LogP contribution in [0.15, 0.2) is 18.5 Å². The van der Waals surface area contributed by atoms with Crippen molar-refractivity contribution in [1.29, 1.82) is 0 Å². The molecule has 11 heavy (non-hydrogen) atoms. The van der Waals surface area contributed by atoms with Gasteiger partial charge in [0, 0.05) is 18.9 Å². The Morgan fingerprint density at radius 2 is 2.55 bits per heavy atom. The number of aromatic nitrogens is 1. The molecule has 3 nitrogen and oxygen atoms in total. The maximum atomic E-state index is 5.62. The molecule has 2 N–H and O–H groups in total. The molecular weight excluding hydrogens is 140 g/mol. The van der Waals surface area contributed by atoms with E-state index in [1.165, 1.54) is 0 Å². The van der Waals surface area contributed by atoms with Crippen LogP contribution in [0, 0.1) is 0 Å². The van der Waals surface area contributed by atoms with E-state index in [2.05, 4.69) is 10.3 Å². The van der Waals surface area contributed by atoms with Crippen LogP contribution in [0.1, 0.15) is 6.42 Å². The monoisotopic (exact) mass is 152 g/mol. The van der Waals surface area contributed by atoms with E-state index in [-0.39, 0.29) is 0 Å². The summed E-state index contributed by atoms with van der Waals surface area (Å²) in [5.74, 6) is 0.943. The average molecular weight is 152 g/mol. The molecule has 0 amide bonds. The van der Waals surface area contributed by atoms with Gasteiger partial charge in [-0.1, -0.05) is 0 Å². The fourth-order valence-electron chi connectivity index (χ4n) is 1.30. The summed E-state index contributed by atoms with van der Waals surface area (Å²) in [5.41, 5.74) is 0. The molecule has 1 saturated heterocycles. The zero-order valence-electron chi connectivity index (χ0n) is 6.34. The third-order valence-electron chi connectivity index (χ3n) is 1.89. The molecule has 0 aliphatic carbocycles. The first-order chi connectivity index (χ1) is 5.45. The average Bonchev–Trinajstić information content (AvgIpc) is 2.60. The van der Waals surface area contributed by atoms with Crippen LogP contribution < -0.4 is 10.1 Å². The third-order valence-corrected chi connectivity index (χ3v) is 1.89. The van der Waals surface area contributed by atoms with Crippen LogP contribution in [0.5, 0.6) is 5.75 Å². The summed E-state index contributed by atoms with van der Waals surface area (Å²) in [7, 11) is 0. The highest BCUT2D eigenvalue weighted by Gasteiger charge is 2.15. The van der Waals surface area contributed by atoms with Crippen molar-refractivity contribution in [3.05, 3.63) is 18.5 Å². The van der Waals surface area contributed by atoms with Gasteiger partial charge in [-0.2, -0.15) is 0 Å². The lowest BCUT2D eigenvalue weighted by Gasteiger charge is -2.09. The van der Waals surface area contributed by atoms with Crippen LogP contribution in [0.2, 0.25) is 0 Å². The normalized spacial score (nSPS) is 23.8. The second-order valence-corrected chi connectivity index (χ2v) is 2.78. The summed E-state index contributed by atoms with van der Waals surface area (Å²) < 4.78 is 5.62. The summed E-state index contributed by atoms with van der Waals surface area (Å²) >= 11 is 0. The zero-order chi connectivity index (χ0) is 7.52. The van der Waals surface area contributed by atoms with Crippen LogP contribution >= 0.6 is 0 Å². The van der Waals surface area contributed by atoms with Crippen LogP contribution in [-0.4, -0.2) is 24.2 Å². The summed E-state index contributed by atoms with van der Waals surface area (Å²) in [6.07, 6.45) is 5.23. The molecule has 60 valence electrons. The minimum Gasteiger partial charge on any atom is -0.487 e. The lowest BCUT2D eigenvalue weighted by atomic mass is 10.3. The number of hydrogen-bond donors (Lipinski definition) is 2. The van der Waals surface area contributed by atoms with Crippen LogP contribution in [0.25, 0.3) is 0 Å². The molecule has 3 heteroatoms. The van der Waals surface area contributed by atoms with E-state index in [0.717, 1.165) is 25.3 Å². The molecule has 1 atom stereocenters. The second kappa shape index (κ2) is 2.96. The Morgan fingerprint density at radius 1 is 1.55 bits per heavy atom. The number of rotatable bonds is 2. The van der Waals surface area contributed by atoms with Crippen LogP contribution in [-0.2, 0) is 0 Å². The van der Waals surface area contributed by atoms with Crippen molar-refractivity contribution in [3.63, 3.8) is 0 Å². The summed E-state index contributed by atoms with van der Waals surface area (Å²) in [4.78, 5) is 2.96. The first-order valence-corrected chi connectivity index (χ1v) is 3.95. The van der Waals surface area contributed by atoms with Gasteiger partial charge in [0.2, 0.25) is 0 Å². The fourth-order valence-corrected chi connectivity index (χ4v) is 1.30. The number of aromatic amines is 1. The zero-order valence-corrected chi connectivity index (χ0v) is 6.34. The summed E-state index contributed by atoms with van der Waals surface area (Å²) in [5, 5.41) is 3.25. The van der Waals surface area contributed by atoms with Crippen LogP contribution in [0.4, 0.5) is 0 Å². The van der Waals surface area contributed by atoms with Gasteiger partial charge in [-0.05, 0) is 19.0 Å². The highest BCUT2D eigenvalue weighted by Crippen LogP contribution is 2.12. The van der Waals surface area contributed by atoms with Crippen molar-refractivity contribution in [2.75, 3.05) is 13.1 Å². The first-order valence-electron chi connectivity index (χ1n) is 3.95. The highest BCUT2D eigenvalue weighted by atomic mass is 16.5. The quantitative estimate of drug-likeness (QED) is 0.656. The maximum Gasteiger partial charge on any atom is 0.137 e. The molecule has 1 aromatic rings. The Kier molecular flexibility index (Phi) is 1.81. The third kappa shape index (κ3) is 1.54. The van der Waals surface area contributed by atoms with Crippen molar-refractivity contribution in [2.45, 2.75) is 12.5 Å². The molecule has 1 aliphatic rings. The van der Waals surface area contributed by atoms with E-state index in [4.69, 9.17) is 4.74 Å². The molecular formula is C8H12N2O. The highest BCUT2D eigenvalue weighted by molar-refractivity contribution is 5.16. The Balaban J connectivity index is 1.90. The van der Waals surface area contributed by atoms with E-state index in [0.29, 0.717) is 6.10 Å². The Labute approximate surface area is 65.8 Å². The molecule has 1 fully saturated rings. The molecule has 0 aromatic carbocycles. The second-order valence-electron chi connectivity index (χ2n) is 2.78. The summed E-state index contributed by atoms with van der Waals surface area (Å²) in [6.45, 7) is 2.06. The van der Waals surface area contributed by atoms with Gasteiger partial charge in [0.1, 0.15) is 11.9 Å². The molecule has 1 unspecified atom stereocenters. The van der Waals surface area contributed by atoms with E-state index >= 15 is 0 Å². The molecule has 1 aromatic heterocycles.